The SMILES string of the molecule is COc1ccccc1-c1noc(CCNC(=O)C(C)(C)C)n1. The number of aromatic nitrogens is 2. The fourth-order valence-electron chi connectivity index (χ4n) is 1.84. The number of hydrogen-bond donors (Lipinski definition) is 1. The first-order valence-electron chi connectivity index (χ1n) is 7.16. The Hall–Kier alpha value is -2.37. The lowest BCUT2D eigenvalue weighted by atomic mass is 9.96. The number of carbonyl (C=O) groups is 1. The number of hydrogen-bond acceptors (Lipinski definition) is 5. The Kier molecular flexibility index (Phi) is 4.80. The van der Waals surface area contributed by atoms with Gasteiger partial charge in [0, 0.05) is 18.4 Å². The highest BCUT2D eigenvalue weighted by Crippen LogP contribution is 2.27. The van der Waals surface area contributed by atoms with Crippen LogP contribution in [0.5, 0.6) is 5.75 Å². The van der Waals surface area contributed by atoms with Crippen LogP contribution in [0.4, 0.5) is 0 Å². The number of nitrogens with zero attached hydrogens (tertiary/aromatic N) is 2. The van der Waals surface area contributed by atoms with Crippen molar-refractivity contribution in [2.45, 2.75) is 27.2 Å². The van der Waals surface area contributed by atoms with Crippen molar-refractivity contribution in [3.8, 4) is 17.1 Å². The van der Waals surface area contributed by atoms with E-state index in [4.69, 9.17) is 9.26 Å². The van der Waals surface area contributed by atoms with Crippen LogP contribution in [0.15, 0.2) is 28.8 Å². The van der Waals surface area contributed by atoms with Crippen LogP contribution in [-0.4, -0.2) is 29.7 Å². The van der Waals surface area contributed by atoms with Crippen LogP contribution < -0.4 is 10.1 Å². The van der Waals surface area contributed by atoms with Gasteiger partial charge in [-0.15, -0.1) is 0 Å². The fourth-order valence-corrected chi connectivity index (χ4v) is 1.84. The second kappa shape index (κ2) is 6.60. The molecule has 22 heavy (non-hydrogen) atoms. The minimum atomic E-state index is -0.405. The van der Waals surface area contributed by atoms with Gasteiger partial charge in [-0.3, -0.25) is 4.79 Å². The van der Waals surface area contributed by atoms with Crippen LogP contribution in [0.1, 0.15) is 26.7 Å². The number of nitrogens with one attached hydrogen (secondary N) is 1. The van der Waals surface area contributed by atoms with E-state index >= 15 is 0 Å². The first kappa shape index (κ1) is 16.0. The van der Waals surface area contributed by atoms with Crippen molar-refractivity contribution in [2.75, 3.05) is 13.7 Å². The smallest absolute Gasteiger partial charge is 0.228 e. The molecule has 2 aromatic rings. The minimum absolute atomic E-state index is 0.00281. The Balaban J connectivity index is 1.99. The molecule has 118 valence electrons. The molecule has 2 rings (SSSR count). The predicted octanol–water partition coefficient (Wildman–Crippen LogP) is 2.45. The lowest BCUT2D eigenvalue weighted by molar-refractivity contribution is -0.128. The van der Waals surface area contributed by atoms with Gasteiger partial charge in [-0.25, -0.2) is 0 Å². The molecule has 0 spiro atoms. The van der Waals surface area contributed by atoms with Crippen molar-refractivity contribution in [3.63, 3.8) is 0 Å². The molecule has 1 N–H and O–H groups in total. The molecule has 0 aliphatic carbocycles. The average Bonchev–Trinajstić information content (AvgIpc) is 2.94. The van der Waals surface area contributed by atoms with E-state index in [2.05, 4.69) is 15.5 Å². The molecule has 0 aliphatic rings. The third-order valence-corrected chi connectivity index (χ3v) is 3.12. The number of rotatable bonds is 5. The van der Waals surface area contributed by atoms with E-state index in [0.717, 1.165) is 5.56 Å². The molecule has 0 bridgehead atoms. The summed E-state index contributed by atoms with van der Waals surface area (Å²) in [7, 11) is 1.60. The number of carbonyl (C=O) groups excluding carboxylic acids is 1. The summed E-state index contributed by atoms with van der Waals surface area (Å²) >= 11 is 0. The van der Waals surface area contributed by atoms with Gasteiger partial charge in [0.15, 0.2) is 0 Å². The van der Waals surface area contributed by atoms with E-state index in [1.54, 1.807) is 7.11 Å². The van der Waals surface area contributed by atoms with Crippen LogP contribution in [0.3, 0.4) is 0 Å². The van der Waals surface area contributed by atoms with Gasteiger partial charge in [0.2, 0.25) is 17.6 Å². The zero-order chi connectivity index (χ0) is 16.2. The normalized spacial score (nSPS) is 11.3. The summed E-state index contributed by atoms with van der Waals surface area (Å²) in [5, 5.41) is 6.81. The molecule has 6 nitrogen and oxygen atoms in total. The van der Waals surface area contributed by atoms with E-state index in [1.165, 1.54) is 0 Å². The maximum atomic E-state index is 11.8. The molecule has 6 heteroatoms. The van der Waals surface area contributed by atoms with Gasteiger partial charge in [-0.05, 0) is 12.1 Å². The molecule has 1 aromatic carbocycles. The van der Waals surface area contributed by atoms with E-state index in [1.807, 2.05) is 45.0 Å². The number of amides is 1. The van der Waals surface area contributed by atoms with Crippen molar-refractivity contribution in [3.05, 3.63) is 30.2 Å². The van der Waals surface area contributed by atoms with Gasteiger partial charge < -0.3 is 14.6 Å². The minimum Gasteiger partial charge on any atom is -0.496 e. The van der Waals surface area contributed by atoms with Crippen LogP contribution in [-0.2, 0) is 11.2 Å². The molecule has 1 aromatic heterocycles. The van der Waals surface area contributed by atoms with Gasteiger partial charge >= 0.3 is 0 Å². The molecule has 0 fully saturated rings. The molecule has 0 radical (unpaired) electrons. The van der Waals surface area contributed by atoms with Crippen LogP contribution in [0.2, 0.25) is 0 Å². The molecular formula is C16H21N3O3. The number of benzene rings is 1. The van der Waals surface area contributed by atoms with Gasteiger partial charge in [-0.2, -0.15) is 4.98 Å². The number of para-hydroxylation sites is 1. The summed E-state index contributed by atoms with van der Waals surface area (Å²) in [5.74, 6) is 1.65. The third-order valence-electron chi connectivity index (χ3n) is 3.12. The molecular weight excluding hydrogens is 282 g/mol. The van der Waals surface area contributed by atoms with Crippen molar-refractivity contribution in [1.82, 2.24) is 15.5 Å². The summed E-state index contributed by atoms with van der Waals surface area (Å²) in [5.41, 5.74) is 0.371. The first-order chi connectivity index (χ1) is 10.4. The highest BCUT2D eigenvalue weighted by atomic mass is 16.5. The highest BCUT2D eigenvalue weighted by Gasteiger charge is 2.20. The maximum Gasteiger partial charge on any atom is 0.228 e. The Morgan fingerprint density at radius 1 is 1.32 bits per heavy atom. The van der Waals surface area contributed by atoms with Crippen molar-refractivity contribution in [1.29, 1.82) is 0 Å². The van der Waals surface area contributed by atoms with Crippen LogP contribution in [0.25, 0.3) is 11.4 Å². The van der Waals surface area contributed by atoms with Gasteiger partial charge in [0.1, 0.15) is 5.75 Å². The van der Waals surface area contributed by atoms with Gasteiger partial charge in [0.05, 0.1) is 12.7 Å². The Morgan fingerprint density at radius 2 is 2.05 bits per heavy atom. The van der Waals surface area contributed by atoms with Crippen molar-refractivity contribution < 1.29 is 14.1 Å². The lowest BCUT2D eigenvalue weighted by Gasteiger charge is -2.16. The lowest BCUT2D eigenvalue weighted by Crippen LogP contribution is -2.35. The maximum absolute atomic E-state index is 11.8. The predicted molar refractivity (Wildman–Crippen MR) is 82.5 cm³/mol. The number of methoxy groups -OCH3 is 1. The van der Waals surface area contributed by atoms with E-state index in [9.17, 15) is 4.79 Å². The second-order valence-electron chi connectivity index (χ2n) is 5.97. The van der Waals surface area contributed by atoms with Gasteiger partial charge in [0.25, 0.3) is 0 Å². The van der Waals surface area contributed by atoms with E-state index in [0.29, 0.717) is 30.4 Å². The third kappa shape index (κ3) is 3.84. The van der Waals surface area contributed by atoms with Crippen LogP contribution in [0, 0.1) is 5.41 Å². The van der Waals surface area contributed by atoms with Crippen molar-refractivity contribution >= 4 is 5.91 Å². The summed E-state index contributed by atoms with van der Waals surface area (Å²) < 4.78 is 10.5. The molecule has 1 heterocycles. The zero-order valence-electron chi connectivity index (χ0n) is 13.3. The second-order valence-corrected chi connectivity index (χ2v) is 5.97. The topological polar surface area (TPSA) is 77.3 Å². The molecule has 1 amide bonds. The Labute approximate surface area is 129 Å². The summed E-state index contributed by atoms with van der Waals surface area (Å²) in [4.78, 5) is 16.1. The Bertz CT molecular complexity index is 644. The molecule has 0 aliphatic heterocycles. The largest absolute Gasteiger partial charge is 0.496 e. The average molecular weight is 303 g/mol. The monoisotopic (exact) mass is 303 g/mol. The van der Waals surface area contributed by atoms with E-state index in [-0.39, 0.29) is 5.91 Å². The summed E-state index contributed by atoms with van der Waals surface area (Å²) in [6.07, 6.45) is 0.490. The highest BCUT2D eigenvalue weighted by molar-refractivity contribution is 5.81. The first-order valence-corrected chi connectivity index (χ1v) is 7.16. The molecule has 0 saturated heterocycles. The number of ether oxygens (including phenoxy) is 1. The summed E-state index contributed by atoms with van der Waals surface area (Å²) in [6, 6.07) is 7.48. The zero-order valence-corrected chi connectivity index (χ0v) is 13.3. The van der Waals surface area contributed by atoms with Crippen LogP contribution >= 0.6 is 0 Å². The van der Waals surface area contributed by atoms with Gasteiger partial charge in [-0.1, -0.05) is 38.1 Å². The standard InChI is InChI=1S/C16H21N3O3/c1-16(2,3)15(20)17-10-9-13-18-14(19-22-13)11-7-5-6-8-12(11)21-4/h5-8H,9-10H2,1-4H3,(H,17,20). The Morgan fingerprint density at radius 3 is 2.73 bits per heavy atom. The quantitative estimate of drug-likeness (QED) is 0.918. The molecule has 0 saturated carbocycles. The molecule has 0 unspecified atom stereocenters. The summed E-state index contributed by atoms with van der Waals surface area (Å²) in [6.45, 7) is 6.07. The van der Waals surface area contributed by atoms with Crippen molar-refractivity contribution in [2.24, 2.45) is 5.41 Å². The van der Waals surface area contributed by atoms with E-state index < -0.39 is 5.41 Å². The molecule has 0 atom stereocenters. The fraction of sp³-hybridized carbons (Fsp3) is 0.438.